The van der Waals surface area contributed by atoms with Crippen LogP contribution in [-0.2, 0) is 14.3 Å². The fourth-order valence-electron chi connectivity index (χ4n) is 2.38. The molecule has 1 atom stereocenters. The second-order valence-corrected chi connectivity index (χ2v) is 6.93. The minimum Gasteiger partial charge on any atom is -0.494 e. The highest BCUT2D eigenvalue weighted by Crippen LogP contribution is 2.29. The maximum Gasteiger partial charge on any atom is 0.317 e. The second kappa shape index (κ2) is 11.2. The summed E-state index contributed by atoms with van der Waals surface area (Å²) in [7, 11) is 3.04. The Morgan fingerprint density at radius 2 is 1.72 bits per heavy atom. The van der Waals surface area contributed by atoms with Crippen LogP contribution in [0.15, 0.2) is 47.4 Å². The maximum absolute atomic E-state index is 12.3. The van der Waals surface area contributed by atoms with Crippen molar-refractivity contribution in [2.75, 3.05) is 31.9 Å². The lowest BCUT2D eigenvalue weighted by atomic mass is 10.2. The van der Waals surface area contributed by atoms with Crippen molar-refractivity contribution in [1.29, 1.82) is 0 Å². The molecule has 0 bridgehead atoms. The molecule has 29 heavy (non-hydrogen) atoms. The van der Waals surface area contributed by atoms with Crippen molar-refractivity contribution in [1.82, 2.24) is 0 Å². The van der Waals surface area contributed by atoms with Gasteiger partial charge >= 0.3 is 5.97 Å². The van der Waals surface area contributed by atoms with Crippen LogP contribution < -0.4 is 19.5 Å². The summed E-state index contributed by atoms with van der Waals surface area (Å²) in [5.41, 5.74) is 0.513. The third kappa shape index (κ3) is 6.90. The van der Waals surface area contributed by atoms with Gasteiger partial charge in [-0.15, -0.1) is 11.8 Å². The first kappa shape index (κ1) is 22.4. The molecule has 0 aromatic heterocycles. The zero-order valence-electron chi connectivity index (χ0n) is 16.9. The van der Waals surface area contributed by atoms with Gasteiger partial charge in [0.25, 0.3) is 5.91 Å². The zero-order chi connectivity index (χ0) is 21.2. The third-order valence-electron chi connectivity index (χ3n) is 3.82. The molecule has 1 N–H and O–H groups in total. The molecule has 7 nitrogen and oxygen atoms in total. The molecule has 0 unspecified atom stereocenters. The number of esters is 1. The summed E-state index contributed by atoms with van der Waals surface area (Å²) in [5, 5.41) is 2.69. The molecule has 8 heteroatoms. The molecule has 0 aliphatic carbocycles. The Balaban J connectivity index is 1.83. The van der Waals surface area contributed by atoms with Crippen LogP contribution in [0.25, 0.3) is 0 Å². The highest BCUT2D eigenvalue weighted by Gasteiger charge is 2.18. The Kier molecular flexibility index (Phi) is 8.67. The van der Waals surface area contributed by atoms with Gasteiger partial charge in [-0.1, -0.05) is 0 Å². The molecule has 0 aliphatic heterocycles. The summed E-state index contributed by atoms with van der Waals surface area (Å²) in [4.78, 5) is 25.3. The first-order valence-corrected chi connectivity index (χ1v) is 10.0. The zero-order valence-corrected chi connectivity index (χ0v) is 17.7. The number of amides is 1. The van der Waals surface area contributed by atoms with Crippen LogP contribution in [-0.4, -0.2) is 44.6 Å². The summed E-state index contributed by atoms with van der Waals surface area (Å²) in [5.74, 6) is 1.01. The summed E-state index contributed by atoms with van der Waals surface area (Å²) in [6, 6.07) is 12.4. The summed E-state index contributed by atoms with van der Waals surface area (Å²) < 4.78 is 21.0. The Bertz CT molecular complexity index is 824. The van der Waals surface area contributed by atoms with Crippen LogP contribution in [0.5, 0.6) is 17.2 Å². The number of hydrogen-bond donors (Lipinski definition) is 1. The van der Waals surface area contributed by atoms with E-state index in [1.807, 2.05) is 31.2 Å². The van der Waals surface area contributed by atoms with Gasteiger partial charge < -0.3 is 24.3 Å². The average Bonchev–Trinajstić information content (AvgIpc) is 2.73. The molecule has 2 rings (SSSR count). The van der Waals surface area contributed by atoms with E-state index in [9.17, 15) is 9.59 Å². The monoisotopic (exact) mass is 419 g/mol. The van der Waals surface area contributed by atoms with Gasteiger partial charge in [0, 0.05) is 16.6 Å². The number of thioether (sulfide) groups is 1. The number of carbonyl (C=O) groups excluding carboxylic acids is 2. The molecule has 2 aromatic carbocycles. The van der Waals surface area contributed by atoms with Crippen molar-refractivity contribution in [3.8, 4) is 17.2 Å². The fraction of sp³-hybridized carbons (Fsp3) is 0.333. The molecular weight excluding hydrogens is 394 g/mol. The van der Waals surface area contributed by atoms with Gasteiger partial charge in [0.1, 0.15) is 5.75 Å². The van der Waals surface area contributed by atoms with Crippen LogP contribution in [0.4, 0.5) is 5.69 Å². The fourth-order valence-corrected chi connectivity index (χ4v) is 3.06. The number of anilines is 1. The van der Waals surface area contributed by atoms with Gasteiger partial charge in [-0.2, -0.15) is 0 Å². The molecular formula is C21H25NO6S. The van der Waals surface area contributed by atoms with Crippen molar-refractivity contribution in [2.45, 2.75) is 24.8 Å². The molecule has 156 valence electrons. The summed E-state index contributed by atoms with van der Waals surface area (Å²) in [6.45, 7) is 4.04. The van der Waals surface area contributed by atoms with Crippen molar-refractivity contribution >= 4 is 29.3 Å². The van der Waals surface area contributed by atoms with E-state index in [-0.39, 0.29) is 5.75 Å². The molecule has 0 radical (unpaired) electrons. The summed E-state index contributed by atoms with van der Waals surface area (Å²) >= 11 is 1.33. The molecule has 1 amide bonds. The Labute approximate surface area is 174 Å². The highest BCUT2D eigenvalue weighted by atomic mass is 32.2. The van der Waals surface area contributed by atoms with Crippen LogP contribution in [0, 0.1) is 0 Å². The highest BCUT2D eigenvalue weighted by molar-refractivity contribution is 8.00. The number of methoxy groups -OCH3 is 2. The van der Waals surface area contributed by atoms with Crippen LogP contribution in [0.3, 0.4) is 0 Å². The average molecular weight is 419 g/mol. The molecule has 0 saturated carbocycles. The van der Waals surface area contributed by atoms with Crippen molar-refractivity contribution in [3.05, 3.63) is 42.5 Å². The van der Waals surface area contributed by atoms with Crippen LogP contribution >= 0.6 is 11.8 Å². The topological polar surface area (TPSA) is 83.1 Å². The molecule has 0 fully saturated rings. The normalized spacial score (nSPS) is 11.3. The number of nitrogens with one attached hydrogen (secondary N) is 1. The minimum atomic E-state index is -0.934. The standard InChI is InChI=1S/C21H25NO6S/c1-5-27-16-7-9-17(10-8-16)29-13-20(23)28-14(2)21(24)22-15-6-11-18(25-3)19(12-15)26-4/h6-12,14H,5,13H2,1-4H3,(H,22,24)/t14-/m0/s1. The van der Waals surface area contributed by atoms with E-state index in [0.717, 1.165) is 10.6 Å². The van der Waals surface area contributed by atoms with Gasteiger partial charge in [0.2, 0.25) is 0 Å². The molecule has 0 heterocycles. The number of rotatable bonds is 10. The van der Waals surface area contributed by atoms with E-state index in [2.05, 4.69) is 5.32 Å². The van der Waals surface area contributed by atoms with E-state index in [4.69, 9.17) is 18.9 Å². The van der Waals surface area contributed by atoms with E-state index in [1.165, 1.54) is 32.9 Å². The molecule has 0 spiro atoms. The predicted molar refractivity (Wildman–Crippen MR) is 112 cm³/mol. The van der Waals surface area contributed by atoms with Crippen LogP contribution in [0.2, 0.25) is 0 Å². The van der Waals surface area contributed by atoms with Gasteiger partial charge in [-0.25, -0.2) is 0 Å². The Morgan fingerprint density at radius 1 is 1.03 bits per heavy atom. The lowest BCUT2D eigenvalue weighted by Crippen LogP contribution is -2.30. The third-order valence-corrected chi connectivity index (χ3v) is 4.81. The Hall–Kier alpha value is -2.87. The van der Waals surface area contributed by atoms with E-state index >= 15 is 0 Å². The molecule has 0 saturated heterocycles. The number of benzene rings is 2. The van der Waals surface area contributed by atoms with E-state index in [1.54, 1.807) is 18.2 Å². The lowest BCUT2D eigenvalue weighted by Gasteiger charge is -2.15. The Morgan fingerprint density at radius 3 is 2.34 bits per heavy atom. The first-order chi connectivity index (χ1) is 14.0. The second-order valence-electron chi connectivity index (χ2n) is 5.88. The lowest BCUT2D eigenvalue weighted by molar-refractivity contribution is -0.150. The van der Waals surface area contributed by atoms with E-state index < -0.39 is 18.0 Å². The van der Waals surface area contributed by atoms with Gasteiger partial charge in [-0.05, 0) is 50.2 Å². The van der Waals surface area contributed by atoms with E-state index in [0.29, 0.717) is 23.8 Å². The molecule has 2 aromatic rings. The van der Waals surface area contributed by atoms with Crippen molar-refractivity contribution < 1.29 is 28.5 Å². The number of ether oxygens (including phenoxy) is 4. The largest absolute Gasteiger partial charge is 0.494 e. The molecule has 0 aliphatic rings. The first-order valence-electron chi connectivity index (χ1n) is 9.04. The van der Waals surface area contributed by atoms with Gasteiger partial charge in [-0.3, -0.25) is 9.59 Å². The number of hydrogen-bond acceptors (Lipinski definition) is 7. The van der Waals surface area contributed by atoms with Gasteiger partial charge in [0.15, 0.2) is 17.6 Å². The van der Waals surface area contributed by atoms with Crippen LogP contribution in [0.1, 0.15) is 13.8 Å². The minimum absolute atomic E-state index is 0.0992. The van der Waals surface area contributed by atoms with Crippen molar-refractivity contribution in [2.24, 2.45) is 0 Å². The SMILES string of the molecule is CCOc1ccc(SCC(=O)O[C@@H](C)C(=O)Nc2ccc(OC)c(OC)c2)cc1. The predicted octanol–water partition coefficient (Wildman–Crippen LogP) is 3.77. The smallest absolute Gasteiger partial charge is 0.317 e. The summed E-state index contributed by atoms with van der Waals surface area (Å²) in [6.07, 6.45) is -0.934. The quantitative estimate of drug-likeness (QED) is 0.464. The maximum atomic E-state index is 12.3. The number of carbonyl (C=O) groups is 2. The van der Waals surface area contributed by atoms with Gasteiger partial charge in [0.05, 0.1) is 26.6 Å². The van der Waals surface area contributed by atoms with Crippen molar-refractivity contribution in [3.63, 3.8) is 0 Å².